The van der Waals surface area contributed by atoms with Crippen molar-refractivity contribution < 1.29 is 4.74 Å². The quantitative estimate of drug-likeness (QED) is 0.725. The first-order chi connectivity index (χ1) is 8.90. The summed E-state index contributed by atoms with van der Waals surface area (Å²) in [7, 11) is 0. The van der Waals surface area contributed by atoms with Crippen LogP contribution in [-0.4, -0.2) is 47.4 Å². The smallest absolute Gasteiger partial charge is 0.118 e. The fourth-order valence-corrected chi connectivity index (χ4v) is 4.22. The second kappa shape index (κ2) is 4.71. The van der Waals surface area contributed by atoms with E-state index in [-0.39, 0.29) is 11.0 Å². The number of nitrogens with zero attached hydrogens (tertiary/aromatic N) is 2. The largest absolute Gasteiger partial charge is 0.361 e. The minimum Gasteiger partial charge on any atom is -0.361 e. The predicted octanol–water partition coefficient (Wildman–Crippen LogP) is 3.06. The molecule has 2 aliphatic heterocycles. The summed E-state index contributed by atoms with van der Waals surface area (Å²) in [6.45, 7) is 12.6. The van der Waals surface area contributed by atoms with Crippen LogP contribution in [0.4, 0.5) is 0 Å². The zero-order chi connectivity index (χ0) is 13.7. The Labute approximate surface area is 118 Å². The van der Waals surface area contributed by atoms with Crippen LogP contribution in [0.2, 0.25) is 0 Å². The van der Waals surface area contributed by atoms with Gasteiger partial charge < -0.3 is 4.74 Å². The maximum atomic E-state index is 6.12. The Morgan fingerprint density at radius 2 is 1.68 bits per heavy atom. The molecular weight excluding hydrogens is 236 g/mol. The number of fused-ring (bicyclic) bond motifs is 1. The third kappa shape index (κ3) is 2.45. The highest BCUT2D eigenvalue weighted by atomic mass is 16.5. The van der Waals surface area contributed by atoms with Gasteiger partial charge in [0.1, 0.15) is 6.23 Å². The molecule has 3 heteroatoms. The van der Waals surface area contributed by atoms with Gasteiger partial charge in [-0.05, 0) is 26.7 Å². The van der Waals surface area contributed by atoms with Gasteiger partial charge >= 0.3 is 0 Å². The zero-order valence-corrected chi connectivity index (χ0v) is 13.1. The molecule has 1 aliphatic carbocycles. The van der Waals surface area contributed by atoms with E-state index >= 15 is 0 Å². The Hall–Kier alpha value is -0.120. The van der Waals surface area contributed by atoms with Crippen molar-refractivity contribution in [3.63, 3.8) is 0 Å². The van der Waals surface area contributed by atoms with Crippen molar-refractivity contribution in [2.75, 3.05) is 19.8 Å². The minimum absolute atomic E-state index is 0.190. The fraction of sp³-hybridized carbons (Fsp3) is 1.00. The highest BCUT2D eigenvalue weighted by molar-refractivity contribution is 5.00. The maximum Gasteiger partial charge on any atom is 0.118 e. The van der Waals surface area contributed by atoms with Gasteiger partial charge in [0.2, 0.25) is 0 Å². The standard InChI is InChI=1S/C16H30N2O/c1-15(2)10-17(13-8-6-5-7-9-13)12-18-14(15)19-11-16(18,3)4/h13-14H,5-12H2,1-4H3. The summed E-state index contributed by atoms with van der Waals surface area (Å²) in [4.78, 5) is 5.34. The summed E-state index contributed by atoms with van der Waals surface area (Å²) in [5, 5.41) is 0. The van der Waals surface area contributed by atoms with Gasteiger partial charge in [-0.25, -0.2) is 0 Å². The highest BCUT2D eigenvalue weighted by Crippen LogP contribution is 2.42. The van der Waals surface area contributed by atoms with Crippen molar-refractivity contribution >= 4 is 0 Å². The van der Waals surface area contributed by atoms with Crippen LogP contribution >= 0.6 is 0 Å². The van der Waals surface area contributed by atoms with Crippen molar-refractivity contribution in [3.05, 3.63) is 0 Å². The van der Waals surface area contributed by atoms with Crippen LogP contribution in [0, 0.1) is 5.41 Å². The molecule has 3 rings (SSSR count). The van der Waals surface area contributed by atoms with E-state index in [1.165, 1.54) is 38.6 Å². The lowest BCUT2D eigenvalue weighted by Crippen LogP contribution is -2.63. The molecule has 0 aromatic rings. The first kappa shape index (κ1) is 13.8. The molecule has 0 aromatic heterocycles. The summed E-state index contributed by atoms with van der Waals surface area (Å²) in [5.74, 6) is 0. The van der Waals surface area contributed by atoms with Crippen molar-refractivity contribution in [1.29, 1.82) is 0 Å². The SMILES string of the molecule is CC1(C)CN(C2CCCCC2)CN2C1OCC2(C)C. The van der Waals surface area contributed by atoms with Gasteiger partial charge in [-0.1, -0.05) is 33.1 Å². The molecule has 2 heterocycles. The first-order valence-electron chi connectivity index (χ1n) is 8.03. The Morgan fingerprint density at radius 3 is 2.37 bits per heavy atom. The van der Waals surface area contributed by atoms with Gasteiger partial charge in [0, 0.05) is 23.5 Å². The Kier molecular flexibility index (Phi) is 3.43. The average Bonchev–Trinajstić information content (AvgIpc) is 2.67. The molecule has 0 aromatic carbocycles. The van der Waals surface area contributed by atoms with Crippen LogP contribution in [0.3, 0.4) is 0 Å². The third-order valence-corrected chi connectivity index (χ3v) is 5.36. The van der Waals surface area contributed by atoms with Gasteiger partial charge in [0.05, 0.1) is 13.3 Å². The number of rotatable bonds is 1. The maximum absolute atomic E-state index is 6.12. The molecule has 0 bridgehead atoms. The van der Waals surface area contributed by atoms with Crippen molar-refractivity contribution in [3.8, 4) is 0 Å². The summed E-state index contributed by atoms with van der Waals surface area (Å²) in [6, 6.07) is 0.811. The molecule has 0 radical (unpaired) electrons. The zero-order valence-electron chi connectivity index (χ0n) is 13.1. The lowest BCUT2D eigenvalue weighted by atomic mass is 9.84. The van der Waals surface area contributed by atoms with E-state index in [1.807, 2.05) is 0 Å². The van der Waals surface area contributed by atoms with Crippen LogP contribution in [-0.2, 0) is 4.74 Å². The molecule has 3 nitrogen and oxygen atoms in total. The molecule has 0 spiro atoms. The Balaban J connectivity index is 1.78. The van der Waals surface area contributed by atoms with Crippen molar-refractivity contribution in [2.45, 2.75) is 77.6 Å². The van der Waals surface area contributed by atoms with Crippen molar-refractivity contribution in [1.82, 2.24) is 9.80 Å². The second-order valence-electron chi connectivity index (χ2n) is 8.11. The molecule has 1 atom stereocenters. The third-order valence-electron chi connectivity index (χ3n) is 5.36. The monoisotopic (exact) mass is 266 g/mol. The van der Waals surface area contributed by atoms with Gasteiger partial charge in [-0.2, -0.15) is 0 Å². The van der Waals surface area contributed by atoms with E-state index < -0.39 is 0 Å². The van der Waals surface area contributed by atoms with Gasteiger partial charge in [0.25, 0.3) is 0 Å². The van der Waals surface area contributed by atoms with E-state index in [4.69, 9.17) is 4.74 Å². The molecular formula is C16H30N2O. The summed E-state index contributed by atoms with van der Waals surface area (Å²) >= 11 is 0. The molecule has 0 N–H and O–H groups in total. The number of ether oxygens (including phenoxy) is 1. The topological polar surface area (TPSA) is 15.7 Å². The van der Waals surface area contributed by atoms with E-state index in [1.54, 1.807) is 0 Å². The summed E-state index contributed by atoms with van der Waals surface area (Å²) < 4.78 is 6.12. The van der Waals surface area contributed by atoms with Crippen molar-refractivity contribution in [2.24, 2.45) is 5.41 Å². The molecule has 3 aliphatic rings. The molecule has 2 saturated heterocycles. The molecule has 0 amide bonds. The lowest BCUT2D eigenvalue weighted by Gasteiger charge is -2.52. The van der Waals surface area contributed by atoms with Crippen LogP contribution in [0.25, 0.3) is 0 Å². The molecule has 110 valence electrons. The normalized spacial score (nSPS) is 36.3. The van der Waals surface area contributed by atoms with Gasteiger partial charge in [-0.3, -0.25) is 9.80 Å². The number of hydrogen-bond acceptors (Lipinski definition) is 3. The summed E-state index contributed by atoms with van der Waals surface area (Å²) in [5.41, 5.74) is 0.429. The molecule has 19 heavy (non-hydrogen) atoms. The van der Waals surface area contributed by atoms with Gasteiger partial charge in [0.15, 0.2) is 0 Å². The van der Waals surface area contributed by atoms with E-state index in [9.17, 15) is 0 Å². The molecule has 3 fully saturated rings. The van der Waals surface area contributed by atoms with Crippen LogP contribution < -0.4 is 0 Å². The fourth-order valence-electron chi connectivity index (χ4n) is 4.22. The van der Waals surface area contributed by atoms with E-state index in [0.717, 1.165) is 19.3 Å². The molecule has 1 unspecified atom stereocenters. The average molecular weight is 266 g/mol. The van der Waals surface area contributed by atoms with Crippen LogP contribution in [0.1, 0.15) is 59.8 Å². The summed E-state index contributed by atoms with van der Waals surface area (Å²) in [6.07, 6.45) is 7.39. The van der Waals surface area contributed by atoms with E-state index in [0.29, 0.717) is 6.23 Å². The lowest BCUT2D eigenvalue weighted by molar-refractivity contribution is -0.144. The first-order valence-corrected chi connectivity index (χ1v) is 8.03. The van der Waals surface area contributed by atoms with E-state index in [2.05, 4.69) is 37.5 Å². The van der Waals surface area contributed by atoms with Crippen LogP contribution in [0.5, 0.6) is 0 Å². The highest BCUT2D eigenvalue weighted by Gasteiger charge is 2.52. The second-order valence-corrected chi connectivity index (χ2v) is 8.11. The Morgan fingerprint density at radius 1 is 1.00 bits per heavy atom. The predicted molar refractivity (Wildman–Crippen MR) is 77.9 cm³/mol. The minimum atomic E-state index is 0.190. The number of hydrogen-bond donors (Lipinski definition) is 0. The van der Waals surface area contributed by atoms with Crippen LogP contribution in [0.15, 0.2) is 0 Å². The Bertz CT molecular complexity index is 334. The molecule has 1 saturated carbocycles. The van der Waals surface area contributed by atoms with Gasteiger partial charge in [-0.15, -0.1) is 0 Å².